The number of aromatic nitrogens is 2. The lowest BCUT2D eigenvalue weighted by atomic mass is 9.94. The van der Waals surface area contributed by atoms with Gasteiger partial charge in [-0.3, -0.25) is 4.79 Å². The number of benzene rings is 1. The number of fused-ring (bicyclic) bond motifs is 1. The fourth-order valence-corrected chi connectivity index (χ4v) is 3.64. The van der Waals surface area contributed by atoms with Crippen molar-refractivity contribution in [2.24, 2.45) is 7.05 Å². The Bertz CT molecular complexity index is 888. The molecule has 24 heavy (non-hydrogen) atoms. The Morgan fingerprint density at radius 3 is 2.67 bits per heavy atom. The number of halogens is 3. The number of imidazole rings is 1. The van der Waals surface area contributed by atoms with Gasteiger partial charge in [0.25, 0.3) is 0 Å². The Labute approximate surface area is 141 Å². The highest BCUT2D eigenvalue weighted by molar-refractivity contribution is 7.71. The van der Waals surface area contributed by atoms with E-state index in [4.69, 9.17) is 17.3 Å². The second-order valence-corrected chi connectivity index (χ2v) is 6.26. The van der Waals surface area contributed by atoms with Gasteiger partial charge in [0.1, 0.15) is 5.82 Å². The molecule has 3 rings (SSSR count). The van der Waals surface area contributed by atoms with Gasteiger partial charge in [0, 0.05) is 36.5 Å². The van der Waals surface area contributed by atoms with Gasteiger partial charge in [-0.1, -0.05) is 0 Å². The van der Waals surface area contributed by atoms with Crippen molar-refractivity contribution in [3.05, 3.63) is 51.3 Å². The maximum atomic E-state index is 14.0. The molecule has 0 saturated carbocycles. The first kappa shape index (κ1) is 16.8. The van der Waals surface area contributed by atoms with Crippen LogP contribution in [0.1, 0.15) is 29.3 Å². The van der Waals surface area contributed by atoms with Crippen LogP contribution in [0.4, 0.5) is 13.2 Å². The molecule has 4 nitrogen and oxygen atoms in total. The first-order valence-electron chi connectivity index (χ1n) is 7.43. The number of hydrogen-bond acceptors (Lipinski definition) is 2. The van der Waals surface area contributed by atoms with E-state index in [0.717, 1.165) is 23.5 Å². The fraction of sp³-hybridized carbons (Fsp3) is 0.375. The van der Waals surface area contributed by atoms with Crippen LogP contribution < -0.4 is 0 Å². The van der Waals surface area contributed by atoms with E-state index in [0.29, 0.717) is 4.77 Å². The second-order valence-electron chi connectivity index (χ2n) is 5.90. The minimum absolute atomic E-state index is 0.0625. The summed E-state index contributed by atoms with van der Waals surface area (Å²) in [5, 5.41) is 8.87. The maximum absolute atomic E-state index is 14.0. The summed E-state index contributed by atoms with van der Waals surface area (Å²) >= 11 is 5.33. The highest BCUT2D eigenvalue weighted by Gasteiger charge is 2.32. The predicted molar refractivity (Wildman–Crippen MR) is 83.0 cm³/mol. The van der Waals surface area contributed by atoms with E-state index in [1.54, 1.807) is 16.2 Å². The molecule has 0 aliphatic carbocycles. The zero-order valence-electron chi connectivity index (χ0n) is 12.9. The van der Waals surface area contributed by atoms with Gasteiger partial charge in [-0.25, -0.2) is 13.2 Å². The Balaban J connectivity index is 1.99. The molecule has 1 aliphatic heterocycles. The van der Waals surface area contributed by atoms with Crippen LogP contribution in [0.3, 0.4) is 0 Å². The van der Waals surface area contributed by atoms with Crippen LogP contribution in [-0.4, -0.2) is 20.2 Å². The summed E-state index contributed by atoms with van der Waals surface area (Å²) in [6, 6.07) is 1.68. The molecular weight excluding hydrogens is 341 g/mol. The number of nitrogens with zero attached hydrogens (tertiary/aromatic N) is 2. The van der Waals surface area contributed by atoms with Crippen molar-refractivity contribution in [3.8, 4) is 0 Å². The molecule has 2 heterocycles. The van der Waals surface area contributed by atoms with Gasteiger partial charge in [-0.15, -0.1) is 0 Å². The van der Waals surface area contributed by atoms with Crippen LogP contribution in [0.15, 0.2) is 12.1 Å². The van der Waals surface area contributed by atoms with Crippen LogP contribution in [0, 0.1) is 22.2 Å². The summed E-state index contributed by atoms with van der Waals surface area (Å²) in [6.45, 7) is 0.242. The van der Waals surface area contributed by atoms with Gasteiger partial charge in [0.2, 0.25) is 0 Å². The predicted octanol–water partition coefficient (Wildman–Crippen LogP) is 3.33. The molecule has 128 valence electrons. The van der Waals surface area contributed by atoms with Gasteiger partial charge in [0.15, 0.2) is 16.4 Å². The molecule has 1 N–H and O–H groups in total. The minimum Gasteiger partial charge on any atom is -0.481 e. The Hall–Kier alpha value is -2.09. The van der Waals surface area contributed by atoms with Crippen LogP contribution >= 0.6 is 12.2 Å². The number of rotatable bonds is 4. The molecule has 1 aromatic heterocycles. The molecule has 1 aromatic carbocycles. The fourth-order valence-electron chi connectivity index (χ4n) is 3.34. The third kappa shape index (κ3) is 2.64. The lowest BCUT2D eigenvalue weighted by molar-refractivity contribution is -0.136. The van der Waals surface area contributed by atoms with Crippen molar-refractivity contribution in [2.75, 3.05) is 0 Å². The maximum Gasteiger partial charge on any atom is 0.303 e. The van der Waals surface area contributed by atoms with E-state index in [1.165, 1.54) is 0 Å². The highest BCUT2D eigenvalue weighted by atomic mass is 32.1. The standard InChI is InChI=1S/C16H15F3N2O2S/c1-20-11(4-5-13(22)23)12-6-8(7-21(12)16(20)24)14-9(17)2-3-10(18)15(14)19/h2-3,8H,4-7H2,1H3,(H,22,23). The van der Waals surface area contributed by atoms with Gasteiger partial charge in [-0.2, -0.15) is 0 Å². The molecule has 0 amide bonds. The molecule has 1 atom stereocenters. The van der Waals surface area contributed by atoms with E-state index in [-0.39, 0.29) is 31.4 Å². The number of carbonyl (C=O) groups is 1. The quantitative estimate of drug-likeness (QED) is 0.675. The van der Waals surface area contributed by atoms with Crippen molar-refractivity contribution in [2.45, 2.75) is 31.7 Å². The average Bonchev–Trinajstić information content (AvgIpc) is 3.02. The number of hydrogen-bond donors (Lipinski definition) is 1. The monoisotopic (exact) mass is 356 g/mol. The van der Waals surface area contributed by atoms with Crippen molar-refractivity contribution in [3.63, 3.8) is 0 Å². The van der Waals surface area contributed by atoms with Crippen LogP contribution in [0.2, 0.25) is 0 Å². The number of carboxylic acid groups (broad SMARTS) is 1. The molecule has 8 heteroatoms. The summed E-state index contributed by atoms with van der Waals surface area (Å²) in [7, 11) is 1.74. The van der Waals surface area contributed by atoms with Crippen molar-refractivity contribution >= 4 is 18.2 Å². The first-order chi connectivity index (χ1) is 11.3. The zero-order valence-corrected chi connectivity index (χ0v) is 13.7. The Morgan fingerprint density at radius 1 is 1.33 bits per heavy atom. The lowest BCUT2D eigenvalue weighted by Crippen LogP contribution is -2.10. The van der Waals surface area contributed by atoms with Crippen molar-refractivity contribution in [1.29, 1.82) is 0 Å². The Kier molecular flexibility index (Phi) is 4.25. The SMILES string of the molecule is Cn1c(CCC(=O)O)c2n(c1=S)CC(c1c(F)ccc(F)c1F)C2. The van der Waals surface area contributed by atoms with E-state index < -0.39 is 29.3 Å². The average molecular weight is 356 g/mol. The highest BCUT2D eigenvalue weighted by Crippen LogP contribution is 2.36. The Morgan fingerprint density at radius 2 is 2.00 bits per heavy atom. The smallest absolute Gasteiger partial charge is 0.303 e. The molecular formula is C16H15F3N2O2S. The van der Waals surface area contributed by atoms with Gasteiger partial charge in [-0.05, 0) is 37.2 Å². The summed E-state index contributed by atoms with van der Waals surface area (Å²) in [5.41, 5.74) is 1.22. The molecule has 1 unspecified atom stereocenters. The molecule has 0 fully saturated rings. The molecule has 0 saturated heterocycles. The molecule has 0 spiro atoms. The molecule has 2 aromatic rings. The third-order valence-electron chi connectivity index (χ3n) is 4.49. The van der Waals surface area contributed by atoms with E-state index >= 15 is 0 Å². The number of aliphatic carboxylic acids is 1. The van der Waals surface area contributed by atoms with E-state index in [2.05, 4.69) is 0 Å². The minimum atomic E-state index is -1.17. The lowest BCUT2D eigenvalue weighted by Gasteiger charge is -2.13. The van der Waals surface area contributed by atoms with Crippen LogP contribution in [0.25, 0.3) is 0 Å². The summed E-state index contributed by atoms with van der Waals surface area (Å²) in [4.78, 5) is 10.8. The third-order valence-corrected chi connectivity index (χ3v) is 4.98. The van der Waals surface area contributed by atoms with Gasteiger partial charge >= 0.3 is 5.97 Å². The normalized spacial score (nSPS) is 16.4. The van der Waals surface area contributed by atoms with Crippen LogP contribution in [-0.2, 0) is 31.2 Å². The number of carboxylic acids is 1. The largest absolute Gasteiger partial charge is 0.481 e. The molecule has 1 aliphatic rings. The van der Waals surface area contributed by atoms with Crippen molar-refractivity contribution < 1.29 is 23.1 Å². The van der Waals surface area contributed by atoms with Gasteiger partial charge < -0.3 is 14.2 Å². The van der Waals surface area contributed by atoms with Gasteiger partial charge in [0.05, 0.1) is 6.42 Å². The van der Waals surface area contributed by atoms with E-state index in [1.807, 2.05) is 0 Å². The summed E-state index contributed by atoms with van der Waals surface area (Å²) < 4.78 is 45.5. The topological polar surface area (TPSA) is 47.2 Å². The summed E-state index contributed by atoms with van der Waals surface area (Å²) in [5.74, 6) is -4.54. The van der Waals surface area contributed by atoms with Crippen molar-refractivity contribution in [1.82, 2.24) is 9.13 Å². The second kappa shape index (κ2) is 6.08. The molecule has 0 radical (unpaired) electrons. The zero-order chi connectivity index (χ0) is 17.6. The van der Waals surface area contributed by atoms with Crippen LogP contribution in [0.5, 0.6) is 0 Å². The molecule has 0 bridgehead atoms. The summed E-state index contributed by atoms with van der Waals surface area (Å²) in [6.07, 6.45) is 0.502. The van der Waals surface area contributed by atoms with E-state index in [9.17, 15) is 18.0 Å². The first-order valence-corrected chi connectivity index (χ1v) is 7.84.